The highest BCUT2D eigenvalue weighted by Gasteiger charge is 2.21. The highest BCUT2D eigenvalue weighted by atomic mass is 16.6. The van der Waals surface area contributed by atoms with Gasteiger partial charge in [0.1, 0.15) is 5.60 Å². The molecule has 0 unspecified atom stereocenters. The second kappa shape index (κ2) is 5.20. The molecular formula is C10H21NO3. The lowest BCUT2D eigenvalue weighted by Crippen LogP contribution is -2.40. The third-order valence-electron chi connectivity index (χ3n) is 1.52. The first-order chi connectivity index (χ1) is 6.26. The number of carbonyl (C=O) groups is 1. The fourth-order valence-electron chi connectivity index (χ4n) is 0.978. The first-order valence-corrected chi connectivity index (χ1v) is 4.92. The van der Waals surface area contributed by atoms with E-state index in [9.17, 15) is 4.79 Å². The van der Waals surface area contributed by atoms with E-state index in [1.807, 2.05) is 27.7 Å². The van der Waals surface area contributed by atoms with E-state index in [1.54, 1.807) is 6.92 Å². The summed E-state index contributed by atoms with van der Waals surface area (Å²) in [7, 11) is 0. The highest BCUT2D eigenvalue weighted by molar-refractivity contribution is 5.68. The van der Waals surface area contributed by atoms with Crippen molar-refractivity contribution in [3.05, 3.63) is 0 Å². The van der Waals surface area contributed by atoms with E-state index in [1.165, 1.54) is 4.90 Å². The standard InChI is InChI=1S/C10H21NO3/c1-6-11(7-8(2)12)9(13)14-10(3,4)5/h8,12H,6-7H2,1-5H3/t8-/m0/s1. The highest BCUT2D eigenvalue weighted by Crippen LogP contribution is 2.09. The molecule has 14 heavy (non-hydrogen) atoms. The van der Waals surface area contributed by atoms with Gasteiger partial charge in [0.25, 0.3) is 0 Å². The van der Waals surface area contributed by atoms with Crippen LogP contribution < -0.4 is 0 Å². The number of rotatable bonds is 3. The van der Waals surface area contributed by atoms with Gasteiger partial charge in [0.15, 0.2) is 0 Å². The summed E-state index contributed by atoms with van der Waals surface area (Å²) < 4.78 is 5.17. The summed E-state index contributed by atoms with van der Waals surface area (Å²) in [6, 6.07) is 0. The first kappa shape index (κ1) is 13.2. The number of likely N-dealkylation sites (N-methyl/N-ethyl adjacent to an activating group) is 1. The fraction of sp³-hybridized carbons (Fsp3) is 0.900. The number of ether oxygens (including phenoxy) is 1. The lowest BCUT2D eigenvalue weighted by Gasteiger charge is -2.27. The quantitative estimate of drug-likeness (QED) is 0.758. The lowest BCUT2D eigenvalue weighted by molar-refractivity contribution is 0.0174. The molecule has 4 heteroatoms. The molecule has 0 rings (SSSR count). The van der Waals surface area contributed by atoms with Crippen LogP contribution in [0.4, 0.5) is 4.79 Å². The van der Waals surface area contributed by atoms with Crippen LogP contribution in [-0.4, -0.2) is 40.9 Å². The Morgan fingerprint density at radius 1 is 1.50 bits per heavy atom. The molecule has 0 aliphatic carbocycles. The Kier molecular flexibility index (Phi) is 4.91. The lowest BCUT2D eigenvalue weighted by atomic mass is 10.2. The molecule has 0 aromatic carbocycles. The summed E-state index contributed by atoms with van der Waals surface area (Å²) >= 11 is 0. The van der Waals surface area contributed by atoms with Gasteiger partial charge in [-0.3, -0.25) is 0 Å². The average molecular weight is 203 g/mol. The Labute approximate surface area is 85.9 Å². The maximum atomic E-state index is 11.5. The molecule has 0 saturated heterocycles. The largest absolute Gasteiger partial charge is 0.444 e. The monoisotopic (exact) mass is 203 g/mol. The van der Waals surface area contributed by atoms with Crippen molar-refractivity contribution in [2.24, 2.45) is 0 Å². The molecule has 0 saturated carbocycles. The van der Waals surface area contributed by atoms with E-state index >= 15 is 0 Å². The predicted molar refractivity (Wildman–Crippen MR) is 55.2 cm³/mol. The van der Waals surface area contributed by atoms with Crippen LogP contribution in [0.5, 0.6) is 0 Å². The van der Waals surface area contributed by atoms with E-state index in [2.05, 4.69) is 0 Å². The first-order valence-electron chi connectivity index (χ1n) is 4.92. The van der Waals surface area contributed by atoms with Gasteiger partial charge in [-0.2, -0.15) is 0 Å². The van der Waals surface area contributed by atoms with Crippen LogP contribution in [0.15, 0.2) is 0 Å². The van der Waals surface area contributed by atoms with Gasteiger partial charge in [0.05, 0.1) is 6.10 Å². The van der Waals surface area contributed by atoms with Crippen LogP contribution in [0.2, 0.25) is 0 Å². The molecule has 0 heterocycles. The molecule has 0 fully saturated rings. The zero-order chi connectivity index (χ0) is 11.4. The van der Waals surface area contributed by atoms with Gasteiger partial charge < -0.3 is 14.7 Å². The number of hydrogen-bond donors (Lipinski definition) is 1. The normalized spacial score (nSPS) is 13.6. The number of aliphatic hydroxyl groups is 1. The summed E-state index contributed by atoms with van der Waals surface area (Å²) in [5, 5.41) is 9.15. The van der Waals surface area contributed by atoms with Crippen molar-refractivity contribution in [3.8, 4) is 0 Å². The zero-order valence-electron chi connectivity index (χ0n) is 9.70. The smallest absolute Gasteiger partial charge is 0.410 e. The molecule has 0 aliphatic rings. The molecule has 1 amide bonds. The van der Waals surface area contributed by atoms with Crippen molar-refractivity contribution in [3.63, 3.8) is 0 Å². The van der Waals surface area contributed by atoms with Gasteiger partial charge in [-0.25, -0.2) is 4.79 Å². The maximum Gasteiger partial charge on any atom is 0.410 e. The van der Waals surface area contributed by atoms with Crippen molar-refractivity contribution in [1.82, 2.24) is 4.90 Å². The van der Waals surface area contributed by atoms with Crippen molar-refractivity contribution < 1.29 is 14.6 Å². The summed E-state index contributed by atoms with van der Waals surface area (Å²) in [6.45, 7) is 9.81. The van der Waals surface area contributed by atoms with Crippen LogP contribution in [-0.2, 0) is 4.74 Å². The van der Waals surface area contributed by atoms with Gasteiger partial charge in [0.2, 0.25) is 0 Å². The van der Waals surface area contributed by atoms with Crippen LogP contribution in [0.3, 0.4) is 0 Å². The molecule has 0 spiro atoms. The van der Waals surface area contributed by atoms with Crippen LogP contribution >= 0.6 is 0 Å². The zero-order valence-corrected chi connectivity index (χ0v) is 9.70. The van der Waals surface area contributed by atoms with E-state index in [0.29, 0.717) is 13.1 Å². The van der Waals surface area contributed by atoms with Gasteiger partial charge in [-0.05, 0) is 34.6 Å². The van der Waals surface area contributed by atoms with Gasteiger partial charge in [-0.1, -0.05) is 0 Å². The molecular weight excluding hydrogens is 182 g/mol. The van der Waals surface area contributed by atoms with Crippen LogP contribution in [0, 0.1) is 0 Å². The molecule has 0 aromatic heterocycles. The minimum atomic E-state index is -0.525. The second-order valence-corrected chi connectivity index (χ2v) is 4.37. The Balaban J connectivity index is 4.18. The number of carbonyl (C=O) groups excluding carboxylic acids is 1. The van der Waals surface area contributed by atoms with E-state index < -0.39 is 11.7 Å². The summed E-state index contributed by atoms with van der Waals surface area (Å²) in [5.74, 6) is 0. The van der Waals surface area contributed by atoms with Crippen molar-refractivity contribution in [2.75, 3.05) is 13.1 Å². The Morgan fingerprint density at radius 3 is 2.29 bits per heavy atom. The number of amides is 1. The van der Waals surface area contributed by atoms with Crippen molar-refractivity contribution in [1.29, 1.82) is 0 Å². The van der Waals surface area contributed by atoms with Gasteiger partial charge in [0, 0.05) is 13.1 Å². The second-order valence-electron chi connectivity index (χ2n) is 4.37. The van der Waals surface area contributed by atoms with E-state index in [-0.39, 0.29) is 6.09 Å². The number of aliphatic hydroxyl groups excluding tert-OH is 1. The third kappa shape index (κ3) is 5.80. The van der Waals surface area contributed by atoms with E-state index in [4.69, 9.17) is 9.84 Å². The Hall–Kier alpha value is -0.770. The molecule has 0 aliphatic heterocycles. The van der Waals surface area contributed by atoms with Gasteiger partial charge >= 0.3 is 6.09 Å². The number of nitrogens with zero attached hydrogens (tertiary/aromatic N) is 1. The van der Waals surface area contributed by atoms with Crippen LogP contribution in [0.1, 0.15) is 34.6 Å². The SMILES string of the molecule is CCN(C[C@H](C)O)C(=O)OC(C)(C)C. The third-order valence-corrected chi connectivity index (χ3v) is 1.52. The van der Waals surface area contributed by atoms with Crippen molar-refractivity contribution >= 4 is 6.09 Å². The molecule has 4 nitrogen and oxygen atoms in total. The minimum absolute atomic E-state index is 0.311. The van der Waals surface area contributed by atoms with Gasteiger partial charge in [-0.15, -0.1) is 0 Å². The fourth-order valence-corrected chi connectivity index (χ4v) is 0.978. The van der Waals surface area contributed by atoms with Crippen molar-refractivity contribution in [2.45, 2.75) is 46.3 Å². The summed E-state index contributed by atoms with van der Waals surface area (Å²) in [5.41, 5.74) is -0.483. The predicted octanol–water partition coefficient (Wildman–Crippen LogP) is 1.62. The molecule has 0 bridgehead atoms. The molecule has 1 atom stereocenters. The Morgan fingerprint density at radius 2 is 2.00 bits per heavy atom. The summed E-state index contributed by atoms with van der Waals surface area (Å²) in [4.78, 5) is 13.0. The average Bonchev–Trinajstić information content (AvgIpc) is 1.96. The van der Waals surface area contributed by atoms with Crippen LogP contribution in [0.25, 0.3) is 0 Å². The maximum absolute atomic E-state index is 11.5. The Bertz CT molecular complexity index is 184. The molecule has 0 aromatic rings. The topological polar surface area (TPSA) is 49.8 Å². The summed E-state index contributed by atoms with van der Waals surface area (Å²) in [6.07, 6.45) is -0.900. The van der Waals surface area contributed by atoms with E-state index in [0.717, 1.165) is 0 Å². The molecule has 84 valence electrons. The minimum Gasteiger partial charge on any atom is -0.444 e. The molecule has 1 N–H and O–H groups in total. The number of hydrogen-bond acceptors (Lipinski definition) is 3. The molecule has 0 radical (unpaired) electrons.